The van der Waals surface area contributed by atoms with Crippen molar-refractivity contribution in [1.29, 1.82) is 0 Å². The molecular formula is C19H20O5. The SMILES string of the molecule is CCC(=O)c1ccc(OCC(=O)c2ccc(OC)c(OC)c2)cc1. The van der Waals surface area contributed by atoms with Crippen LogP contribution >= 0.6 is 0 Å². The largest absolute Gasteiger partial charge is 0.493 e. The lowest BCUT2D eigenvalue weighted by Gasteiger charge is -2.10. The number of hydrogen-bond acceptors (Lipinski definition) is 5. The zero-order valence-electron chi connectivity index (χ0n) is 14.0. The molecule has 0 N–H and O–H groups in total. The standard InChI is InChI=1S/C19H20O5/c1-4-16(20)13-5-8-15(9-6-13)24-12-17(21)14-7-10-18(22-2)19(11-14)23-3/h5-11H,4,12H2,1-3H3. The Morgan fingerprint density at radius 2 is 1.46 bits per heavy atom. The van der Waals surface area contributed by atoms with Crippen molar-refractivity contribution in [1.82, 2.24) is 0 Å². The van der Waals surface area contributed by atoms with E-state index in [1.54, 1.807) is 42.5 Å². The molecule has 0 saturated heterocycles. The molecule has 0 aliphatic carbocycles. The molecule has 5 nitrogen and oxygen atoms in total. The number of Topliss-reactive ketones (excluding diaryl/α,β-unsaturated/α-hetero) is 2. The van der Waals surface area contributed by atoms with E-state index in [4.69, 9.17) is 14.2 Å². The summed E-state index contributed by atoms with van der Waals surface area (Å²) in [5.74, 6) is 1.49. The molecule has 0 unspecified atom stereocenters. The highest BCUT2D eigenvalue weighted by atomic mass is 16.5. The number of carbonyl (C=O) groups is 2. The van der Waals surface area contributed by atoms with Crippen molar-refractivity contribution >= 4 is 11.6 Å². The van der Waals surface area contributed by atoms with E-state index in [1.807, 2.05) is 6.92 Å². The lowest BCUT2D eigenvalue weighted by atomic mass is 10.1. The third-order valence-corrected chi connectivity index (χ3v) is 3.57. The average Bonchev–Trinajstić information content (AvgIpc) is 2.65. The second-order valence-electron chi connectivity index (χ2n) is 5.08. The van der Waals surface area contributed by atoms with E-state index in [0.29, 0.717) is 34.8 Å². The van der Waals surface area contributed by atoms with Gasteiger partial charge in [0.25, 0.3) is 0 Å². The van der Waals surface area contributed by atoms with Crippen molar-refractivity contribution in [3.05, 3.63) is 53.6 Å². The second-order valence-corrected chi connectivity index (χ2v) is 5.08. The highest BCUT2D eigenvalue weighted by molar-refractivity contribution is 5.98. The molecule has 0 fully saturated rings. The van der Waals surface area contributed by atoms with Crippen LogP contribution in [0.5, 0.6) is 17.2 Å². The molecule has 0 atom stereocenters. The van der Waals surface area contributed by atoms with Crippen molar-refractivity contribution < 1.29 is 23.8 Å². The summed E-state index contributed by atoms with van der Waals surface area (Å²) < 4.78 is 15.8. The van der Waals surface area contributed by atoms with E-state index in [0.717, 1.165) is 0 Å². The summed E-state index contributed by atoms with van der Waals surface area (Å²) in [6, 6.07) is 11.7. The van der Waals surface area contributed by atoms with Gasteiger partial charge in [-0.25, -0.2) is 0 Å². The van der Waals surface area contributed by atoms with Gasteiger partial charge < -0.3 is 14.2 Å². The highest BCUT2D eigenvalue weighted by Crippen LogP contribution is 2.27. The molecule has 0 amide bonds. The third-order valence-electron chi connectivity index (χ3n) is 3.57. The monoisotopic (exact) mass is 328 g/mol. The summed E-state index contributed by atoms with van der Waals surface area (Å²) in [5, 5.41) is 0. The molecule has 2 aromatic rings. The molecule has 5 heteroatoms. The van der Waals surface area contributed by atoms with Crippen LogP contribution in [0.2, 0.25) is 0 Å². The van der Waals surface area contributed by atoms with Crippen LogP contribution in [0.3, 0.4) is 0 Å². The van der Waals surface area contributed by atoms with Crippen molar-refractivity contribution in [2.75, 3.05) is 20.8 Å². The van der Waals surface area contributed by atoms with Crippen molar-refractivity contribution in [3.63, 3.8) is 0 Å². The number of ketones is 2. The number of methoxy groups -OCH3 is 2. The quantitative estimate of drug-likeness (QED) is 0.693. The van der Waals surface area contributed by atoms with Crippen LogP contribution in [0, 0.1) is 0 Å². The molecule has 24 heavy (non-hydrogen) atoms. The Balaban J connectivity index is 2.01. The number of rotatable bonds is 8. The summed E-state index contributed by atoms with van der Waals surface area (Å²) in [6.07, 6.45) is 0.456. The molecular weight excluding hydrogens is 308 g/mol. The van der Waals surface area contributed by atoms with E-state index in [-0.39, 0.29) is 18.2 Å². The molecule has 0 saturated carbocycles. The predicted molar refractivity (Wildman–Crippen MR) is 90.4 cm³/mol. The maximum absolute atomic E-state index is 12.2. The van der Waals surface area contributed by atoms with E-state index in [9.17, 15) is 9.59 Å². The number of hydrogen-bond donors (Lipinski definition) is 0. The van der Waals surface area contributed by atoms with Gasteiger partial charge in [0.1, 0.15) is 5.75 Å². The van der Waals surface area contributed by atoms with Gasteiger partial charge in [-0.05, 0) is 42.5 Å². The van der Waals surface area contributed by atoms with Gasteiger partial charge in [-0.1, -0.05) is 6.92 Å². The fourth-order valence-electron chi connectivity index (χ4n) is 2.18. The van der Waals surface area contributed by atoms with Crippen molar-refractivity contribution in [3.8, 4) is 17.2 Å². The molecule has 0 radical (unpaired) electrons. The van der Waals surface area contributed by atoms with Crippen molar-refractivity contribution in [2.45, 2.75) is 13.3 Å². The van der Waals surface area contributed by atoms with Gasteiger partial charge >= 0.3 is 0 Å². The Hall–Kier alpha value is -2.82. The lowest BCUT2D eigenvalue weighted by Crippen LogP contribution is -2.12. The Labute approximate surface area is 141 Å². The number of ether oxygens (including phenoxy) is 3. The molecule has 2 aromatic carbocycles. The third kappa shape index (κ3) is 4.13. The molecule has 0 aliphatic heterocycles. The Kier molecular flexibility index (Phi) is 5.95. The molecule has 2 rings (SSSR count). The van der Waals surface area contributed by atoms with Crippen LogP contribution in [-0.4, -0.2) is 32.4 Å². The maximum Gasteiger partial charge on any atom is 0.200 e. The molecule has 0 aromatic heterocycles. The minimum Gasteiger partial charge on any atom is -0.493 e. The summed E-state index contributed by atoms with van der Waals surface area (Å²) in [5.41, 5.74) is 1.11. The number of carbonyl (C=O) groups excluding carboxylic acids is 2. The Morgan fingerprint density at radius 1 is 0.833 bits per heavy atom. The van der Waals surface area contributed by atoms with Gasteiger partial charge in [0, 0.05) is 17.5 Å². The Morgan fingerprint density at radius 3 is 2.04 bits per heavy atom. The second kappa shape index (κ2) is 8.15. The first-order chi connectivity index (χ1) is 11.6. The van der Waals surface area contributed by atoms with Crippen LogP contribution in [0.15, 0.2) is 42.5 Å². The maximum atomic E-state index is 12.2. The predicted octanol–water partition coefficient (Wildman–Crippen LogP) is 3.56. The first kappa shape index (κ1) is 17.5. The fraction of sp³-hybridized carbons (Fsp3) is 0.263. The van der Waals surface area contributed by atoms with E-state index in [2.05, 4.69) is 0 Å². The van der Waals surface area contributed by atoms with E-state index >= 15 is 0 Å². The van der Waals surface area contributed by atoms with E-state index in [1.165, 1.54) is 14.2 Å². The zero-order chi connectivity index (χ0) is 17.5. The summed E-state index contributed by atoms with van der Waals surface area (Å²) >= 11 is 0. The van der Waals surface area contributed by atoms with Crippen LogP contribution in [0.25, 0.3) is 0 Å². The lowest BCUT2D eigenvalue weighted by molar-refractivity contribution is 0.0919. The van der Waals surface area contributed by atoms with E-state index < -0.39 is 0 Å². The zero-order valence-corrected chi connectivity index (χ0v) is 14.0. The first-order valence-electron chi connectivity index (χ1n) is 7.60. The van der Waals surface area contributed by atoms with Gasteiger partial charge in [-0.15, -0.1) is 0 Å². The molecule has 0 spiro atoms. The molecule has 126 valence electrons. The molecule has 0 bridgehead atoms. The van der Waals surface area contributed by atoms with Crippen LogP contribution < -0.4 is 14.2 Å². The highest BCUT2D eigenvalue weighted by Gasteiger charge is 2.12. The first-order valence-corrected chi connectivity index (χ1v) is 7.60. The van der Waals surface area contributed by atoms with Crippen molar-refractivity contribution in [2.24, 2.45) is 0 Å². The Bertz CT molecular complexity index is 719. The molecule has 0 aliphatic rings. The van der Waals surface area contributed by atoms with Gasteiger partial charge in [0.05, 0.1) is 14.2 Å². The minimum absolute atomic E-state index is 0.0722. The summed E-state index contributed by atoms with van der Waals surface area (Å²) in [4.78, 5) is 23.8. The summed E-state index contributed by atoms with van der Waals surface area (Å²) in [7, 11) is 3.05. The smallest absolute Gasteiger partial charge is 0.200 e. The van der Waals surface area contributed by atoms with Crippen LogP contribution in [0.4, 0.5) is 0 Å². The topological polar surface area (TPSA) is 61.8 Å². The molecule has 0 heterocycles. The normalized spacial score (nSPS) is 10.1. The minimum atomic E-state index is -0.176. The van der Waals surface area contributed by atoms with Gasteiger partial charge in [0.15, 0.2) is 29.7 Å². The van der Waals surface area contributed by atoms with Gasteiger partial charge in [0.2, 0.25) is 0 Å². The fourth-order valence-corrected chi connectivity index (χ4v) is 2.18. The van der Waals surface area contributed by atoms with Crippen LogP contribution in [0.1, 0.15) is 34.1 Å². The number of benzene rings is 2. The van der Waals surface area contributed by atoms with Gasteiger partial charge in [-0.2, -0.15) is 0 Å². The summed E-state index contributed by atoms with van der Waals surface area (Å²) in [6.45, 7) is 1.71. The average molecular weight is 328 g/mol. The van der Waals surface area contributed by atoms with Gasteiger partial charge in [-0.3, -0.25) is 9.59 Å². The van der Waals surface area contributed by atoms with Crippen LogP contribution in [-0.2, 0) is 0 Å².